The highest BCUT2D eigenvalue weighted by molar-refractivity contribution is 5.85. The Balaban J connectivity index is 0.000000735. The number of ether oxygens (including phenoxy) is 1. The molecule has 1 aromatic rings. The van der Waals surface area contributed by atoms with E-state index in [1.807, 2.05) is 0 Å². The number of benzene rings is 1. The Morgan fingerprint density at radius 2 is 1.80 bits per heavy atom. The van der Waals surface area contributed by atoms with E-state index in [4.69, 9.17) is 4.74 Å². The van der Waals surface area contributed by atoms with Gasteiger partial charge in [-0.05, 0) is 36.6 Å². The van der Waals surface area contributed by atoms with Crippen LogP contribution in [0, 0.1) is 5.92 Å². The van der Waals surface area contributed by atoms with Crippen LogP contribution in [0.4, 0.5) is 5.69 Å². The topological polar surface area (TPSA) is 24.5 Å². The number of hydrogen-bond acceptors (Lipinski definition) is 3. The second-order valence-corrected chi connectivity index (χ2v) is 5.83. The van der Waals surface area contributed by atoms with Crippen molar-refractivity contribution in [2.45, 2.75) is 11.8 Å². The smallest absolute Gasteiger partial charge is 0.0642 e. The zero-order chi connectivity index (χ0) is 12.0. The summed E-state index contributed by atoms with van der Waals surface area (Å²) in [5.74, 6) is 0.895. The van der Waals surface area contributed by atoms with Crippen molar-refractivity contribution >= 4 is 30.5 Å². The van der Waals surface area contributed by atoms with Crippen LogP contribution in [0.5, 0.6) is 0 Å². The highest BCUT2D eigenvalue weighted by atomic mass is 35.5. The number of morpholine rings is 1. The molecule has 1 N–H and O–H groups in total. The summed E-state index contributed by atoms with van der Waals surface area (Å²) in [4.78, 5) is 2.42. The van der Waals surface area contributed by atoms with Crippen LogP contribution in [0.1, 0.15) is 12.0 Å². The van der Waals surface area contributed by atoms with Gasteiger partial charge in [-0.15, -0.1) is 24.8 Å². The van der Waals surface area contributed by atoms with Gasteiger partial charge in [0.1, 0.15) is 0 Å². The maximum absolute atomic E-state index is 5.40. The normalized spacial score (nSPS) is 31.0. The summed E-state index contributed by atoms with van der Waals surface area (Å²) in [7, 11) is 0. The third-order valence-electron chi connectivity index (χ3n) is 4.88. The number of halogens is 2. The van der Waals surface area contributed by atoms with E-state index in [9.17, 15) is 0 Å². The Bertz CT molecular complexity index is 448. The molecule has 0 bridgehead atoms. The summed E-state index contributed by atoms with van der Waals surface area (Å²) in [5, 5.41) is 3.51. The van der Waals surface area contributed by atoms with Crippen molar-refractivity contribution in [1.29, 1.82) is 0 Å². The molecular weight excluding hydrogens is 295 g/mol. The monoisotopic (exact) mass is 316 g/mol. The quantitative estimate of drug-likeness (QED) is 0.905. The molecule has 20 heavy (non-hydrogen) atoms. The zero-order valence-corrected chi connectivity index (χ0v) is 13.1. The van der Waals surface area contributed by atoms with Gasteiger partial charge in [0.15, 0.2) is 0 Å². The lowest BCUT2D eigenvalue weighted by molar-refractivity contribution is 0.122. The average Bonchev–Trinajstić information content (AvgIpc) is 3.02. The first-order valence-corrected chi connectivity index (χ1v) is 7.02. The molecule has 112 valence electrons. The minimum absolute atomic E-state index is 0. The molecule has 1 saturated carbocycles. The van der Waals surface area contributed by atoms with E-state index in [-0.39, 0.29) is 24.8 Å². The molecular formula is C15H22Cl2N2O. The Hall–Kier alpha value is -0.480. The highest BCUT2D eigenvalue weighted by Crippen LogP contribution is 2.56. The molecule has 5 heteroatoms. The van der Waals surface area contributed by atoms with Crippen molar-refractivity contribution in [3.63, 3.8) is 0 Å². The minimum atomic E-state index is 0. The summed E-state index contributed by atoms with van der Waals surface area (Å²) in [5.41, 5.74) is 3.37. The SMILES string of the molecule is Cl.Cl.c1cc(C23CNCC2C3)ccc1N1CCOCC1. The molecule has 3 aliphatic rings. The van der Waals surface area contributed by atoms with Gasteiger partial charge in [0.25, 0.3) is 0 Å². The van der Waals surface area contributed by atoms with Crippen LogP contribution >= 0.6 is 24.8 Å². The van der Waals surface area contributed by atoms with Crippen molar-refractivity contribution in [2.75, 3.05) is 44.3 Å². The van der Waals surface area contributed by atoms with E-state index in [1.54, 1.807) is 0 Å². The molecule has 4 rings (SSSR count). The largest absolute Gasteiger partial charge is 0.378 e. The first-order valence-electron chi connectivity index (χ1n) is 7.02. The standard InChI is InChI=1S/C15H20N2O.2ClH/c1-3-14(17-5-7-18-8-6-17)4-2-12(1)15-9-13(15)10-16-11-15;;/h1-4,13,16H,5-11H2;2*1H. The molecule has 2 unspecified atom stereocenters. The van der Waals surface area contributed by atoms with Crippen LogP contribution in [0.25, 0.3) is 0 Å². The molecule has 1 aliphatic carbocycles. The highest BCUT2D eigenvalue weighted by Gasteiger charge is 2.57. The van der Waals surface area contributed by atoms with Crippen molar-refractivity contribution < 1.29 is 4.74 Å². The molecule has 3 fully saturated rings. The number of anilines is 1. The molecule has 2 atom stereocenters. The fraction of sp³-hybridized carbons (Fsp3) is 0.600. The number of nitrogens with zero attached hydrogens (tertiary/aromatic N) is 1. The van der Waals surface area contributed by atoms with Gasteiger partial charge in [-0.3, -0.25) is 0 Å². The van der Waals surface area contributed by atoms with Crippen molar-refractivity contribution in [3.8, 4) is 0 Å². The van der Waals surface area contributed by atoms with Gasteiger partial charge in [-0.1, -0.05) is 12.1 Å². The third-order valence-corrected chi connectivity index (χ3v) is 4.88. The van der Waals surface area contributed by atoms with Crippen LogP contribution in [0.2, 0.25) is 0 Å². The van der Waals surface area contributed by atoms with Gasteiger partial charge in [-0.25, -0.2) is 0 Å². The van der Waals surface area contributed by atoms with Gasteiger partial charge in [0, 0.05) is 30.7 Å². The Morgan fingerprint density at radius 3 is 2.35 bits per heavy atom. The van der Waals surface area contributed by atoms with Gasteiger partial charge in [0.05, 0.1) is 13.2 Å². The second kappa shape index (κ2) is 6.10. The van der Waals surface area contributed by atoms with Crippen molar-refractivity contribution in [2.24, 2.45) is 5.92 Å². The summed E-state index contributed by atoms with van der Waals surface area (Å²) in [6, 6.07) is 9.28. The van der Waals surface area contributed by atoms with Crippen LogP contribution in [0.3, 0.4) is 0 Å². The fourth-order valence-corrected chi connectivity index (χ4v) is 3.62. The summed E-state index contributed by atoms with van der Waals surface area (Å²) in [6.45, 7) is 6.15. The molecule has 0 spiro atoms. The first kappa shape index (κ1) is 15.9. The number of hydrogen-bond donors (Lipinski definition) is 1. The van der Waals surface area contributed by atoms with Gasteiger partial charge < -0.3 is 15.0 Å². The first-order chi connectivity index (χ1) is 8.88. The number of fused-ring (bicyclic) bond motifs is 1. The number of rotatable bonds is 2. The fourth-order valence-electron chi connectivity index (χ4n) is 3.62. The lowest BCUT2D eigenvalue weighted by Gasteiger charge is -2.29. The Labute approximate surface area is 132 Å². The van der Waals surface area contributed by atoms with E-state index in [0.717, 1.165) is 32.2 Å². The molecule has 1 aromatic carbocycles. The lowest BCUT2D eigenvalue weighted by Crippen LogP contribution is -2.36. The number of nitrogens with one attached hydrogen (secondary N) is 1. The molecule has 2 aliphatic heterocycles. The summed E-state index contributed by atoms with van der Waals surface area (Å²) in [6.07, 6.45) is 1.39. The van der Waals surface area contributed by atoms with Gasteiger partial charge >= 0.3 is 0 Å². The number of piperidine rings is 1. The van der Waals surface area contributed by atoms with Crippen LogP contribution in [-0.2, 0) is 10.2 Å². The molecule has 0 radical (unpaired) electrons. The minimum Gasteiger partial charge on any atom is -0.378 e. The van der Waals surface area contributed by atoms with E-state index in [2.05, 4.69) is 34.5 Å². The molecule has 2 saturated heterocycles. The van der Waals surface area contributed by atoms with E-state index in [0.29, 0.717) is 5.41 Å². The molecule has 0 amide bonds. The average molecular weight is 317 g/mol. The van der Waals surface area contributed by atoms with E-state index >= 15 is 0 Å². The molecule has 3 nitrogen and oxygen atoms in total. The van der Waals surface area contributed by atoms with Crippen molar-refractivity contribution in [1.82, 2.24) is 5.32 Å². The maximum Gasteiger partial charge on any atom is 0.0642 e. The maximum atomic E-state index is 5.40. The van der Waals surface area contributed by atoms with E-state index in [1.165, 1.54) is 30.8 Å². The molecule has 0 aromatic heterocycles. The summed E-state index contributed by atoms with van der Waals surface area (Å²) >= 11 is 0. The van der Waals surface area contributed by atoms with E-state index < -0.39 is 0 Å². The lowest BCUT2D eigenvalue weighted by atomic mass is 9.95. The van der Waals surface area contributed by atoms with Gasteiger partial charge in [0.2, 0.25) is 0 Å². The third kappa shape index (κ3) is 2.52. The molecule has 2 heterocycles. The van der Waals surface area contributed by atoms with Crippen molar-refractivity contribution in [3.05, 3.63) is 29.8 Å². The predicted molar refractivity (Wildman–Crippen MR) is 86.6 cm³/mol. The Kier molecular flexibility index (Phi) is 4.85. The van der Waals surface area contributed by atoms with Crippen LogP contribution < -0.4 is 10.2 Å². The van der Waals surface area contributed by atoms with Crippen LogP contribution in [0.15, 0.2) is 24.3 Å². The second-order valence-electron chi connectivity index (χ2n) is 5.83. The predicted octanol–water partition coefficient (Wildman–Crippen LogP) is 2.23. The zero-order valence-electron chi connectivity index (χ0n) is 11.5. The Morgan fingerprint density at radius 1 is 1.10 bits per heavy atom. The summed E-state index contributed by atoms with van der Waals surface area (Å²) < 4.78 is 5.40. The van der Waals surface area contributed by atoms with Gasteiger partial charge in [-0.2, -0.15) is 0 Å². The van der Waals surface area contributed by atoms with Crippen LogP contribution in [-0.4, -0.2) is 39.4 Å².